The second-order valence-electron chi connectivity index (χ2n) is 5.73. The molecule has 0 aromatic rings. The summed E-state index contributed by atoms with van der Waals surface area (Å²) in [6.45, 7) is 11.0. The van der Waals surface area contributed by atoms with Crippen LogP contribution in [0.25, 0.3) is 0 Å². The zero-order chi connectivity index (χ0) is 29.9. The number of rotatable bonds is 10. The van der Waals surface area contributed by atoms with E-state index in [4.69, 9.17) is 25.5 Å². The van der Waals surface area contributed by atoms with Crippen LogP contribution >= 0.6 is 0 Å². The van der Waals surface area contributed by atoms with Gasteiger partial charge in [0.2, 0.25) is 0 Å². The van der Waals surface area contributed by atoms with Gasteiger partial charge in [0.05, 0.1) is 44.5 Å². The highest BCUT2D eigenvalue weighted by molar-refractivity contribution is 5.91. The average Bonchev–Trinajstić information content (AvgIpc) is 2.87. The second-order valence-corrected chi connectivity index (χ2v) is 5.73. The summed E-state index contributed by atoms with van der Waals surface area (Å²) in [4.78, 5) is 48.5. The normalized spacial score (nSPS) is 9.50. The van der Waals surface area contributed by atoms with E-state index < -0.39 is 61.7 Å². The van der Waals surface area contributed by atoms with Crippen LogP contribution < -0.4 is 0 Å². The molecule has 0 atom stereocenters. The van der Waals surface area contributed by atoms with Gasteiger partial charge in [0.15, 0.2) is 0 Å². The SMILES string of the molecule is C=CC(=O)O.C=CC(=O)O.C=CC(=O)O.C=CC(=O)O.COC(=O)C(=C(C)CO)C(CO)(CO)CO. The molecule has 0 bridgehead atoms. The first-order valence-corrected chi connectivity index (χ1v) is 9.24. The Kier molecular flexibility index (Phi) is 31.7. The Morgan fingerprint density at radius 1 is 0.667 bits per heavy atom. The molecule has 8 N–H and O–H groups in total. The van der Waals surface area contributed by atoms with Gasteiger partial charge >= 0.3 is 29.8 Å². The molecule has 0 heterocycles. The summed E-state index contributed by atoms with van der Waals surface area (Å²) in [5, 5.41) is 67.0. The first-order valence-electron chi connectivity index (χ1n) is 9.24. The van der Waals surface area contributed by atoms with Crippen molar-refractivity contribution in [3.63, 3.8) is 0 Å². The Hall–Kier alpha value is -4.11. The van der Waals surface area contributed by atoms with Crippen LogP contribution in [0.15, 0.2) is 61.8 Å². The van der Waals surface area contributed by atoms with E-state index in [1.807, 2.05) is 0 Å². The van der Waals surface area contributed by atoms with Crippen LogP contribution in [-0.4, -0.2) is 104 Å². The van der Waals surface area contributed by atoms with Crippen molar-refractivity contribution in [1.29, 1.82) is 0 Å². The molecule has 0 amide bonds. The number of aliphatic hydroxyl groups is 4. The van der Waals surface area contributed by atoms with E-state index in [9.17, 15) is 39.3 Å². The first-order chi connectivity index (χ1) is 16.6. The van der Waals surface area contributed by atoms with Gasteiger partial charge in [-0.15, -0.1) is 0 Å². The van der Waals surface area contributed by atoms with Crippen molar-refractivity contribution in [2.45, 2.75) is 6.92 Å². The number of hydrogen-bond acceptors (Lipinski definition) is 10. The third kappa shape index (κ3) is 26.1. The predicted molar refractivity (Wildman–Crippen MR) is 127 cm³/mol. The molecule has 206 valence electrons. The highest BCUT2D eigenvalue weighted by Gasteiger charge is 2.38. The molecule has 36 heavy (non-hydrogen) atoms. The summed E-state index contributed by atoms with van der Waals surface area (Å²) in [7, 11) is 1.14. The Bertz CT molecular complexity index is 680. The number of hydrogen-bond donors (Lipinski definition) is 8. The van der Waals surface area contributed by atoms with E-state index in [-0.39, 0.29) is 11.1 Å². The van der Waals surface area contributed by atoms with E-state index in [1.54, 1.807) is 0 Å². The number of carbonyl (C=O) groups excluding carboxylic acids is 1. The zero-order valence-electron chi connectivity index (χ0n) is 20.0. The third-order valence-electron chi connectivity index (χ3n) is 3.19. The van der Waals surface area contributed by atoms with Gasteiger partial charge in [-0.25, -0.2) is 24.0 Å². The summed E-state index contributed by atoms with van der Waals surface area (Å²) >= 11 is 0. The number of aliphatic hydroxyl groups excluding tert-OH is 4. The molecule has 0 saturated carbocycles. The van der Waals surface area contributed by atoms with E-state index >= 15 is 0 Å². The van der Waals surface area contributed by atoms with Crippen molar-refractivity contribution in [1.82, 2.24) is 0 Å². The molecular formula is C22H34O14. The fraction of sp³-hybridized carbons (Fsp3) is 0.318. The largest absolute Gasteiger partial charge is 0.478 e. The number of carboxylic acids is 4. The van der Waals surface area contributed by atoms with Crippen molar-refractivity contribution in [2.75, 3.05) is 33.5 Å². The Morgan fingerprint density at radius 2 is 0.889 bits per heavy atom. The van der Waals surface area contributed by atoms with Gasteiger partial charge in [-0.05, 0) is 12.5 Å². The molecule has 0 aliphatic rings. The molecule has 0 aliphatic carbocycles. The van der Waals surface area contributed by atoms with Gasteiger partial charge < -0.3 is 45.6 Å². The van der Waals surface area contributed by atoms with Crippen LogP contribution in [0.3, 0.4) is 0 Å². The summed E-state index contributed by atoms with van der Waals surface area (Å²) in [6, 6.07) is 0. The fourth-order valence-electron chi connectivity index (χ4n) is 1.41. The van der Waals surface area contributed by atoms with Crippen LogP contribution in [0.2, 0.25) is 0 Å². The number of ether oxygens (including phenoxy) is 1. The lowest BCUT2D eigenvalue weighted by atomic mass is 9.79. The Labute approximate surface area is 207 Å². The molecular weight excluding hydrogens is 488 g/mol. The van der Waals surface area contributed by atoms with Crippen LogP contribution in [-0.2, 0) is 28.7 Å². The molecule has 0 spiro atoms. The van der Waals surface area contributed by atoms with Crippen LogP contribution in [0.4, 0.5) is 0 Å². The maximum Gasteiger partial charge on any atom is 0.334 e. The monoisotopic (exact) mass is 522 g/mol. The predicted octanol–water partition coefficient (Wildman–Crippen LogP) is -0.540. The Morgan fingerprint density at radius 3 is 1.00 bits per heavy atom. The molecule has 14 nitrogen and oxygen atoms in total. The van der Waals surface area contributed by atoms with Gasteiger partial charge in [-0.1, -0.05) is 26.3 Å². The number of carboxylic acid groups (broad SMARTS) is 4. The highest BCUT2D eigenvalue weighted by atomic mass is 16.5. The lowest BCUT2D eigenvalue weighted by Crippen LogP contribution is -2.40. The average molecular weight is 523 g/mol. The lowest BCUT2D eigenvalue weighted by molar-refractivity contribution is -0.139. The standard InChI is InChI=1S/C10H18O6.4C3H4O2/c1-7(3-11)8(9(15)16-2)10(4-12,5-13)6-14;4*1-2-3(4)5/h11-14H,3-6H2,1-2H3;4*2H,1H2,(H,4,5). The van der Waals surface area contributed by atoms with Crippen molar-refractivity contribution < 1.29 is 69.6 Å². The van der Waals surface area contributed by atoms with Crippen LogP contribution in [0, 0.1) is 5.41 Å². The van der Waals surface area contributed by atoms with Gasteiger partial charge in [0.25, 0.3) is 0 Å². The quantitative estimate of drug-likeness (QED) is 0.132. The number of methoxy groups -OCH3 is 1. The summed E-state index contributed by atoms with van der Waals surface area (Å²) in [5.41, 5.74) is -1.35. The third-order valence-corrected chi connectivity index (χ3v) is 3.19. The zero-order valence-corrected chi connectivity index (χ0v) is 20.0. The van der Waals surface area contributed by atoms with E-state index in [2.05, 4.69) is 31.1 Å². The van der Waals surface area contributed by atoms with E-state index in [0.29, 0.717) is 0 Å². The highest BCUT2D eigenvalue weighted by Crippen LogP contribution is 2.29. The number of aliphatic carboxylic acids is 4. The van der Waals surface area contributed by atoms with Gasteiger partial charge in [0, 0.05) is 24.3 Å². The molecule has 0 saturated heterocycles. The van der Waals surface area contributed by atoms with E-state index in [1.165, 1.54) is 6.92 Å². The molecule has 0 rings (SSSR count). The maximum atomic E-state index is 11.5. The summed E-state index contributed by atoms with van der Waals surface area (Å²) in [6.07, 6.45) is 3.33. The van der Waals surface area contributed by atoms with Gasteiger partial charge in [-0.2, -0.15) is 0 Å². The van der Waals surface area contributed by atoms with Crippen LogP contribution in [0.1, 0.15) is 6.92 Å². The smallest absolute Gasteiger partial charge is 0.334 e. The first kappa shape index (κ1) is 42.1. The summed E-state index contributed by atoms with van der Waals surface area (Å²) in [5.74, 6) is -4.71. The van der Waals surface area contributed by atoms with Gasteiger partial charge in [-0.3, -0.25) is 0 Å². The molecule has 0 unspecified atom stereocenters. The molecule has 14 heteroatoms. The minimum Gasteiger partial charge on any atom is -0.478 e. The number of esters is 1. The number of carbonyl (C=O) groups is 5. The van der Waals surface area contributed by atoms with Gasteiger partial charge in [0.1, 0.15) is 0 Å². The van der Waals surface area contributed by atoms with Crippen LogP contribution in [0.5, 0.6) is 0 Å². The van der Waals surface area contributed by atoms with Crippen molar-refractivity contribution in [3.05, 3.63) is 61.8 Å². The van der Waals surface area contributed by atoms with Crippen molar-refractivity contribution >= 4 is 29.8 Å². The topological polar surface area (TPSA) is 256 Å². The molecule has 0 aromatic carbocycles. The molecule has 0 aliphatic heterocycles. The minimum absolute atomic E-state index is 0.0926. The second kappa shape index (κ2) is 27.1. The van der Waals surface area contributed by atoms with Crippen molar-refractivity contribution in [3.8, 4) is 0 Å². The van der Waals surface area contributed by atoms with E-state index in [0.717, 1.165) is 31.4 Å². The Balaban J connectivity index is -0.000000131. The van der Waals surface area contributed by atoms with Crippen molar-refractivity contribution in [2.24, 2.45) is 5.41 Å². The summed E-state index contributed by atoms with van der Waals surface area (Å²) < 4.78 is 4.51. The maximum absolute atomic E-state index is 11.5. The fourth-order valence-corrected chi connectivity index (χ4v) is 1.41. The molecule has 0 aromatic heterocycles. The molecule has 0 radical (unpaired) electrons. The lowest BCUT2D eigenvalue weighted by Gasteiger charge is -2.30. The molecule has 0 fully saturated rings. The minimum atomic E-state index is -1.50.